The average molecular weight is 753 g/mol. The van der Waals surface area contributed by atoms with Gasteiger partial charge in [-0.15, -0.1) is 0 Å². The first kappa shape index (κ1) is 33.3. The van der Waals surface area contributed by atoms with Crippen molar-refractivity contribution in [2.24, 2.45) is 0 Å². The Balaban J connectivity index is 0.982. The normalized spacial score (nSPS) is 11.7. The molecule has 0 aliphatic heterocycles. The summed E-state index contributed by atoms with van der Waals surface area (Å²) in [6.45, 7) is 0. The van der Waals surface area contributed by atoms with Crippen molar-refractivity contribution >= 4 is 54.8 Å². The van der Waals surface area contributed by atoms with Crippen LogP contribution < -0.4 is 0 Å². The fourth-order valence-electron chi connectivity index (χ4n) is 9.19. The summed E-state index contributed by atoms with van der Waals surface area (Å²) >= 11 is 0. The molecule has 0 spiro atoms. The van der Waals surface area contributed by atoms with E-state index in [0.29, 0.717) is 0 Å². The minimum Gasteiger partial charge on any atom is -0.439 e. The average Bonchev–Trinajstić information content (AvgIpc) is 3.96. The largest absolute Gasteiger partial charge is 0.439 e. The van der Waals surface area contributed by atoms with Gasteiger partial charge in [0.1, 0.15) is 5.58 Å². The van der Waals surface area contributed by atoms with E-state index in [1.54, 1.807) is 0 Å². The SMILES string of the molecule is c1ccc(-c2ccc3c(c2)c2cc(-c4ccccc4)ccc2n3-c2cccc(-c3ccc(-c4cccc5c4c4c6ccccc6oc4n5-c4ccccc4)cc3)c2)cc1. The molecular formula is C56H36N2O. The third-order valence-corrected chi connectivity index (χ3v) is 11.9. The van der Waals surface area contributed by atoms with E-state index in [2.05, 4.69) is 221 Å². The minimum absolute atomic E-state index is 0.867. The van der Waals surface area contributed by atoms with E-state index in [1.165, 1.54) is 71.7 Å². The maximum atomic E-state index is 6.60. The lowest BCUT2D eigenvalue weighted by Gasteiger charge is -2.12. The molecule has 0 atom stereocenters. The second-order valence-corrected chi connectivity index (χ2v) is 15.3. The van der Waals surface area contributed by atoms with Crippen LogP contribution >= 0.6 is 0 Å². The molecule has 59 heavy (non-hydrogen) atoms. The van der Waals surface area contributed by atoms with E-state index >= 15 is 0 Å². The zero-order chi connectivity index (χ0) is 38.9. The Morgan fingerprint density at radius 1 is 0.288 bits per heavy atom. The van der Waals surface area contributed by atoms with Crippen LogP contribution in [0.3, 0.4) is 0 Å². The predicted molar refractivity (Wildman–Crippen MR) is 247 cm³/mol. The number of hydrogen-bond donors (Lipinski definition) is 0. The van der Waals surface area contributed by atoms with Crippen molar-refractivity contribution < 1.29 is 4.42 Å². The number of para-hydroxylation sites is 2. The first-order valence-electron chi connectivity index (χ1n) is 20.2. The number of aromatic nitrogens is 2. The van der Waals surface area contributed by atoms with Gasteiger partial charge in [0.15, 0.2) is 0 Å². The van der Waals surface area contributed by atoms with Crippen molar-refractivity contribution in [2.45, 2.75) is 0 Å². The van der Waals surface area contributed by atoms with Crippen LogP contribution in [0.1, 0.15) is 0 Å². The Hall–Kier alpha value is -7.88. The molecule has 0 amide bonds. The van der Waals surface area contributed by atoms with Crippen molar-refractivity contribution in [3.8, 4) is 55.9 Å². The number of furan rings is 1. The maximum Gasteiger partial charge on any atom is 0.213 e. The molecule has 276 valence electrons. The van der Waals surface area contributed by atoms with Gasteiger partial charge in [-0.3, -0.25) is 4.57 Å². The van der Waals surface area contributed by atoms with Crippen LogP contribution in [0.15, 0.2) is 223 Å². The van der Waals surface area contributed by atoms with E-state index in [1.807, 2.05) is 6.07 Å². The van der Waals surface area contributed by atoms with Gasteiger partial charge in [0.25, 0.3) is 0 Å². The fourth-order valence-corrected chi connectivity index (χ4v) is 9.19. The van der Waals surface area contributed by atoms with Crippen LogP contribution in [0.4, 0.5) is 0 Å². The Labute approximate surface area is 341 Å². The molecule has 12 aromatic rings. The number of nitrogens with zero attached hydrogens (tertiary/aromatic N) is 2. The van der Waals surface area contributed by atoms with Crippen molar-refractivity contribution in [1.29, 1.82) is 0 Å². The molecule has 0 fully saturated rings. The van der Waals surface area contributed by atoms with Gasteiger partial charge in [-0.25, -0.2) is 0 Å². The zero-order valence-electron chi connectivity index (χ0n) is 32.1. The molecule has 3 nitrogen and oxygen atoms in total. The second-order valence-electron chi connectivity index (χ2n) is 15.3. The molecule has 0 N–H and O–H groups in total. The van der Waals surface area contributed by atoms with E-state index < -0.39 is 0 Å². The van der Waals surface area contributed by atoms with Crippen LogP contribution in [0.25, 0.3) is 111 Å². The lowest BCUT2D eigenvalue weighted by molar-refractivity contribution is 0.645. The molecule has 3 heteroatoms. The summed E-state index contributed by atoms with van der Waals surface area (Å²) in [5.41, 5.74) is 17.0. The second kappa shape index (κ2) is 13.4. The third kappa shape index (κ3) is 5.36. The van der Waals surface area contributed by atoms with Crippen LogP contribution in [0.5, 0.6) is 0 Å². The highest BCUT2D eigenvalue weighted by atomic mass is 16.3. The molecule has 0 saturated heterocycles. The highest BCUT2D eigenvalue weighted by Gasteiger charge is 2.22. The summed E-state index contributed by atoms with van der Waals surface area (Å²) in [6, 6.07) is 78.6. The van der Waals surface area contributed by atoms with E-state index in [-0.39, 0.29) is 0 Å². The van der Waals surface area contributed by atoms with Crippen LogP contribution in [-0.4, -0.2) is 9.13 Å². The molecule has 0 radical (unpaired) electrons. The smallest absolute Gasteiger partial charge is 0.213 e. The van der Waals surface area contributed by atoms with Crippen molar-refractivity contribution in [3.63, 3.8) is 0 Å². The summed E-state index contributed by atoms with van der Waals surface area (Å²) in [7, 11) is 0. The summed E-state index contributed by atoms with van der Waals surface area (Å²) in [5.74, 6) is 0. The van der Waals surface area contributed by atoms with Gasteiger partial charge in [0.05, 0.1) is 21.9 Å². The Kier molecular flexibility index (Phi) is 7.54. The zero-order valence-corrected chi connectivity index (χ0v) is 32.1. The molecule has 3 aromatic heterocycles. The number of rotatable bonds is 6. The summed E-state index contributed by atoms with van der Waals surface area (Å²) in [4.78, 5) is 0. The molecule has 0 aliphatic rings. The molecule has 0 saturated carbocycles. The lowest BCUT2D eigenvalue weighted by atomic mass is 9.96. The highest BCUT2D eigenvalue weighted by Crippen LogP contribution is 2.44. The molecule has 12 rings (SSSR count). The Bertz CT molecular complexity index is 3420. The number of hydrogen-bond acceptors (Lipinski definition) is 1. The van der Waals surface area contributed by atoms with Gasteiger partial charge < -0.3 is 8.98 Å². The molecule has 9 aromatic carbocycles. The standard InChI is InChI=1S/C56H36N2O/c1-4-14-37(15-5-1)42-30-32-50-48(35-42)49-36-43(38-16-6-2-7-17-38)31-33-51(49)57(50)45-21-12-18-41(34-45)39-26-28-40(29-27-39)46-23-13-24-52-54(46)55-47-22-10-11-25-53(47)59-56(55)58(52)44-19-8-3-9-20-44/h1-36H. The van der Waals surface area contributed by atoms with Crippen molar-refractivity contribution in [1.82, 2.24) is 9.13 Å². The van der Waals surface area contributed by atoms with Gasteiger partial charge in [0, 0.05) is 32.9 Å². The van der Waals surface area contributed by atoms with Gasteiger partial charge in [-0.1, -0.05) is 158 Å². The Morgan fingerprint density at radius 3 is 1.47 bits per heavy atom. The molecule has 0 bridgehead atoms. The fraction of sp³-hybridized carbons (Fsp3) is 0. The quantitative estimate of drug-likeness (QED) is 0.166. The lowest BCUT2D eigenvalue weighted by Crippen LogP contribution is -1.94. The predicted octanol–water partition coefficient (Wildman–Crippen LogP) is 15.3. The molecule has 0 aliphatic carbocycles. The maximum absolute atomic E-state index is 6.60. The van der Waals surface area contributed by atoms with Crippen LogP contribution in [-0.2, 0) is 0 Å². The topological polar surface area (TPSA) is 23.0 Å². The number of benzene rings is 9. The van der Waals surface area contributed by atoms with Crippen molar-refractivity contribution in [2.75, 3.05) is 0 Å². The van der Waals surface area contributed by atoms with Gasteiger partial charge >= 0.3 is 0 Å². The van der Waals surface area contributed by atoms with E-state index in [0.717, 1.165) is 39.0 Å². The number of fused-ring (bicyclic) bond motifs is 8. The molecule has 3 heterocycles. The molecular weight excluding hydrogens is 717 g/mol. The first-order chi connectivity index (χ1) is 29.3. The highest BCUT2D eigenvalue weighted by molar-refractivity contribution is 6.24. The summed E-state index contributed by atoms with van der Waals surface area (Å²) in [5, 5.41) is 5.95. The van der Waals surface area contributed by atoms with Crippen molar-refractivity contribution in [3.05, 3.63) is 218 Å². The van der Waals surface area contributed by atoms with Gasteiger partial charge in [-0.05, 0) is 105 Å². The summed E-state index contributed by atoms with van der Waals surface area (Å²) in [6.07, 6.45) is 0. The van der Waals surface area contributed by atoms with E-state index in [9.17, 15) is 0 Å². The van der Waals surface area contributed by atoms with Crippen LogP contribution in [0, 0.1) is 0 Å². The third-order valence-electron chi connectivity index (χ3n) is 11.9. The van der Waals surface area contributed by atoms with E-state index in [4.69, 9.17) is 4.42 Å². The first-order valence-corrected chi connectivity index (χ1v) is 20.2. The van der Waals surface area contributed by atoms with Gasteiger partial charge in [0.2, 0.25) is 5.71 Å². The summed E-state index contributed by atoms with van der Waals surface area (Å²) < 4.78 is 11.3. The monoisotopic (exact) mass is 752 g/mol. The molecule has 0 unspecified atom stereocenters. The van der Waals surface area contributed by atoms with Crippen LogP contribution in [0.2, 0.25) is 0 Å². The Morgan fingerprint density at radius 2 is 0.797 bits per heavy atom. The van der Waals surface area contributed by atoms with Gasteiger partial charge in [-0.2, -0.15) is 0 Å². The minimum atomic E-state index is 0.867.